The third kappa shape index (κ3) is 4.13. The van der Waals surface area contributed by atoms with E-state index in [-0.39, 0.29) is 18.5 Å². The van der Waals surface area contributed by atoms with E-state index in [1.807, 2.05) is 11.2 Å². The lowest BCUT2D eigenvalue weighted by Gasteiger charge is -2.33. The molecule has 0 aliphatic carbocycles. The van der Waals surface area contributed by atoms with Gasteiger partial charge < -0.3 is 14.4 Å². The fourth-order valence-electron chi connectivity index (χ4n) is 2.58. The topological polar surface area (TPSA) is 81.6 Å². The van der Waals surface area contributed by atoms with E-state index in [0.717, 1.165) is 19.4 Å². The monoisotopic (exact) mass is 339 g/mol. The number of methoxy groups -OCH3 is 1. The Hall–Kier alpha value is -1.83. The van der Waals surface area contributed by atoms with Gasteiger partial charge in [0.2, 0.25) is 0 Å². The minimum absolute atomic E-state index is 0.212. The van der Waals surface area contributed by atoms with Crippen molar-refractivity contribution in [1.82, 2.24) is 9.97 Å². The van der Waals surface area contributed by atoms with Crippen molar-refractivity contribution in [2.45, 2.75) is 24.9 Å². The van der Waals surface area contributed by atoms with E-state index in [2.05, 4.69) is 9.97 Å². The first-order valence-electron chi connectivity index (χ1n) is 7.51. The predicted octanol–water partition coefficient (Wildman–Crippen LogP) is 1.76. The summed E-state index contributed by atoms with van der Waals surface area (Å²) < 4.78 is 9.93. The van der Waals surface area contributed by atoms with E-state index in [1.165, 1.54) is 25.1 Å². The molecule has 1 aromatic rings. The van der Waals surface area contributed by atoms with Gasteiger partial charge in [0.05, 0.1) is 19.6 Å². The Labute approximate surface area is 139 Å². The zero-order valence-electron chi connectivity index (χ0n) is 13.6. The number of esters is 2. The van der Waals surface area contributed by atoms with Crippen LogP contribution in [0.2, 0.25) is 0 Å². The van der Waals surface area contributed by atoms with Gasteiger partial charge in [0, 0.05) is 19.3 Å². The summed E-state index contributed by atoms with van der Waals surface area (Å²) in [4.78, 5) is 34.5. The molecule has 2 heterocycles. The van der Waals surface area contributed by atoms with Crippen LogP contribution in [0.4, 0.5) is 5.82 Å². The van der Waals surface area contributed by atoms with E-state index in [9.17, 15) is 9.59 Å². The first-order valence-corrected chi connectivity index (χ1v) is 8.74. The molecule has 0 aromatic carbocycles. The van der Waals surface area contributed by atoms with Gasteiger partial charge in [-0.05, 0) is 26.0 Å². The quantitative estimate of drug-likeness (QED) is 0.456. The van der Waals surface area contributed by atoms with Crippen LogP contribution in [0, 0.1) is 5.92 Å². The van der Waals surface area contributed by atoms with Crippen LogP contribution in [0.25, 0.3) is 0 Å². The molecule has 0 N–H and O–H groups in total. The van der Waals surface area contributed by atoms with E-state index >= 15 is 0 Å². The van der Waals surface area contributed by atoms with Crippen molar-refractivity contribution in [3.8, 4) is 0 Å². The van der Waals surface area contributed by atoms with Gasteiger partial charge >= 0.3 is 11.9 Å². The third-order valence-corrected chi connectivity index (χ3v) is 4.24. The SMILES string of the molecule is CCOC(=O)c1cnc(SC)nc1N1CCCC(C(=O)OC)C1. The van der Waals surface area contributed by atoms with Crippen molar-refractivity contribution in [2.75, 3.05) is 38.0 Å². The van der Waals surface area contributed by atoms with Crippen molar-refractivity contribution >= 4 is 29.5 Å². The van der Waals surface area contributed by atoms with Crippen molar-refractivity contribution < 1.29 is 19.1 Å². The second kappa shape index (κ2) is 8.14. The second-order valence-corrected chi connectivity index (χ2v) is 5.90. The lowest BCUT2D eigenvalue weighted by molar-refractivity contribution is -0.145. The highest BCUT2D eigenvalue weighted by molar-refractivity contribution is 7.98. The molecule has 126 valence electrons. The average molecular weight is 339 g/mol. The summed E-state index contributed by atoms with van der Waals surface area (Å²) in [7, 11) is 1.39. The van der Waals surface area contributed by atoms with Crippen LogP contribution < -0.4 is 4.90 Å². The van der Waals surface area contributed by atoms with Crippen molar-refractivity contribution in [3.63, 3.8) is 0 Å². The van der Waals surface area contributed by atoms with Crippen LogP contribution in [0.3, 0.4) is 0 Å². The van der Waals surface area contributed by atoms with Gasteiger partial charge in [0.25, 0.3) is 0 Å². The van der Waals surface area contributed by atoms with Gasteiger partial charge in [-0.3, -0.25) is 4.79 Å². The molecule has 1 aromatic heterocycles. The molecule has 0 saturated carbocycles. The maximum absolute atomic E-state index is 12.2. The molecule has 1 unspecified atom stereocenters. The standard InChI is InChI=1S/C15H21N3O4S/c1-4-22-14(20)11-8-16-15(23-3)17-12(11)18-7-5-6-10(9-18)13(19)21-2/h8,10H,4-7,9H2,1-3H3. The van der Waals surface area contributed by atoms with Crippen LogP contribution in [-0.2, 0) is 14.3 Å². The molecule has 8 heteroatoms. The number of aromatic nitrogens is 2. The van der Waals surface area contributed by atoms with Crippen LogP contribution in [0.15, 0.2) is 11.4 Å². The van der Waals surface area contributed by atoms with Crippen molar-refractivity contribution in [1.29, 1.82) is 0 Å². The molecule has 1 aliphatic rings. The molecule has 1 saturated heterocycles. The van der Waals surface area contributed by atoms with Gasteiger partial charge in [0.1, 0.15) is 11.4 Å². The summed E-state index contributed by atoms with van der Waals surface area (Å²) in [5, 5.41) is 0.577. The van der Waals surface area contributed by atoms with Crippen LogP contribution in [0.1, 0.15) is 30.1 Å². The molecule has 23 heavy (non-hydrogen) atoms. The Bertz CT molecular complexity index is 582. The Morgan fingerprint density at radius 1 is 1.48 bits per heavy atom. The molecule has 0 spiro atoms. The first-order chi connectivity index (χ1) is 11.1. The molecule has 1 atom stereocenters. The lowest BCUT2D eigenvalue weighted by atomic mass is 9.98. The normalized spacial score (nSPS) is 17.7. The van der Waals surface area contributed by atoms with Gasteiger partial charge in [-0.25, -0.2) is 14.8 Å². The zero-order valence-corrected chi connectivity index (χ0v) is 14.4. The van der Waals surface area contributed by atoms with Crippen molar-refractivity contribution in [2.24, 2.45) is 5.92 Å². The van der Waals surface area contributed by atoms with Crippen molar-refractivity contribution in [3.05, 3.63) is 11.8 Å². The first kappa shape index (κ1) is 17.5. The van der Waals surface area contributed by atoms with Crippen LogP contribution in [0.5, 0.6) is 0 Å². The summed E-state index contributed by atoms with van der Waals surface area (Å²) in [6.45, 7) is 3.24. The number of carbonyl (C=O) groups is 2. The molecule has 0 radical (unpaired) electrons. The summed E-state index contributed by atoms with van der Waals surface area (Å²) in [5.74, 6) is -0.366. The summed E-state index contributed by atoms with van der Waals surface area (Å²) in [5.41, 5.74) is 0.329. The van der Waals surface area contributed by atoms with Crippen LogP contribution >= 0.6 is 11.8 Å². The molecular weight excluding hydrogens is 318 g/mol. The van der Waals surface area contributed by atoms with E-state index < -0.39 is 5.97 Å². The minimum Gasteiger partial charge on any atom is -0.469 e. The predicted molar refractivity (Wildman–Crippen MR) is 86.7 cm³/mol. The number of anilines is 1. The van der Waals surface area contributed by atoms with E-state index in [4.69, 9.17) is 9.47 Å². The van der Waals surface area contributed by atoms with Gasteiger partial charge in [-0.1, -0.05) is 11.8 Å². The lowest BCUT2D eigenvalue weighted by Crippen LogP contribution is -2.40. The smallest absolute Gasteiger partial charge is 0.343 e. The fourth-order valence-corrected chi connectivity index (χ4v) is 2.91. The number of piperidine rings is 1. The molecule has 2 rings (SSSR count). The highest BCUT2D eigenvalue weighted by atomic mass is 32.2. The Balaban J connectivity index is 2.31. The van der Waals surface area contributed by atoms with Gasteiger partial charge in [-0.15, -0.1) is 0 Å². The van der Waals surface area contributed by atoms with Gasteiger partial charge in [-0.2, -0.15) is 0 Å². The number of hydrogen-bond donors (Lipinski definition) is 0. The zero-order chi connectivity index (χ0) is 16.8. The molecule has 0 bridgehead atoms. The second-order valence-electron chi connectivity index (χ2n) is 5.12. The Kier molecular flexibility index (Phi) is 6.20. The molecule has 1 fully saturated rings. The Morgan fingerprint density at radius 3 is 2.91 bits per heavy atom. The molecule has 0 amide bonds. The minimum atomic E-state index is -0.449. The average Bonchev–Trinajstić information content (AvgIpc) is 2.60. The maximum Gasteiger partial charge on any atom is 0.343 e. The number of carbonyl (C=O) groups excluding carboxylic acids is 2. The number of ether oxygens (including phenoxy) is 2. The maximum atomic E-state index is 12.2. The Morgan fingerprint density at radius 2 is 2.26 bits per heavy atom. The number of rotatable bonds is 5. The fraction of sp³-hybridized carbons (Fsp3) is 0.600. The molecule has 7 nitrogen and oxygen atoms in total. The summed E-state index contributed by atoms with van der Waals surface area (Å²) >= 11 is 1.40. The number of hydrogen-bond acceptors (Lipinski definition) is 8. The van der Waals surface area contributed by atoms with E-state index in [0.29, 0.717) is 23.1 Å². The molecule has 1 aliphatic heterocycles. The summed E-state index contributed by atoms with van der Waals surface area (Å²) in [6, 6.07) is 0. The van der Waals surface area contributed by atoms with Crippen LogP contribution in [-0.4, -0.2) is 55.0 Å². The number of nitrogens with zero attached hydrogens (tertiary/aromatic N) is 3. The number of thioether (sulfide) groups is 1. The third-order valence-electron chi connectivity index (χ3n) is 3.68. The van der Waals surface area contributed by atoms with E-state index in [1.54, 1.807) is 6.92 Å². The van der Waals surface area contributed by atoms with Gasteiger partial charge in [0.15, 0.2) is 5.16 Å². The largest absolute Gasteiger partial charge is 0.469 e. The highest BCUT2D eigenvalue weighted by Crippen LogP contribution is 2.27. The molecular formula is C15H21N3O4S. The highest BCUT2D eigenvalue weighted by Gasteiger charge is 2.30. The summed E-state index contributed by atoms with van der Waals surface area (Å²) in [6.07, 6.45) is 4.98.